The first-order valence-corrected chi connectivity index (χ1v) is 14.3. The number of aromatic nitrogens is 1. The van der Waals surface area contributed by atoms with Gasteiger partial charge < -0.3 is 28.9 Å². The van der Waals surface area contributed by atoms with E-state index in [0.717, 1.165) is 62.4 Å². The zero-order valence-corrected chi connectivity index (χ0v) is 26.1. The molecule has 1 aliphatic carbocycles. The molecular formula is C36H36ClN3O4. The maximum atomic E-state index is 6.06. The summed E-state index contributed by atoms with van der Waals surface area (Å²) in [6.07, 6.45) is 4.21. The van der Waals surface area contributed by atoms with E-state index in [2.05, 4.69) is 64.5 Å². The Morgan fingerprint density at radius 3 is 2.16 bits per heavy atom. The maximum absolute atomic E-state index is 6.06. The zero-order chi connectivity index (χ0) is 29.8. The normalized spacial score (nSPS) is 12.8. The van der Waals surface area contributed by atoms with Crippen molar-refractivity contribution in [3.8, 4) is 28.5 Å². The zero-order valence-electron chi connectivity index (χ0n) is 25.3. The summed E-state index contributed by atoms with van der Waals surface area (Å²) in [4.78, 5) is 11.7. The van der Waals surface area contributed by atoms with Gasteiger partial charge in [-0.1, -0.05) is 71.9 Å². The second kappa shape index (κ2) is 13.7. The van der Waals surface area contributed by atoms with Crippen molar-refractivity contribution in [2.45, 2.75) is 6.61 Å². The van der Waals surface area contributed by atoms with Crippen molar-refractivity contribution in [2.24, 2.45) is 5.16 Å². The molecule has 0 atom stereocenters. The van der Waals surface area contributed by atoms with E-state index >= 15 is 0 Å². The Kier molecular flexibility index (Phi) is 9.58. The van der Waals surface area contributed by atoms with E-state index in [1.807, 2.05) is 56.6 Å². The molecule has 0 amide bonds. The Labute approximate surface area is 264 Å². The molecule has 0 spiro atoms. The van der Waals surface area contributed by atoms with Gasteiger partial charge in [-0.2, -0.15) is 0 Å². The summed E-state index contributed by atoms with van der Waals surface area (Å²) < 4.78 is 17.3. The number of halogens is 1. The summed E-state index contributed by atoms with van der Waals surface area (Å²) in [5.74, 6) is 2.10. The number of hydrogen-bond donors (Lipinski definition) is 1. The molecule has 1 heterocycles. The number of ether oxygens (including phenoxy) is 3. The molecule has 0 aliphatic heterocycles. The molecule has 6 rings (SSSR count). The number of nitrogens with zero attached hydrogens (tertiary/aromatic N) is 2. The highest BCUT2D eigenvalue weighted by Crippen LogP contribution is 2.46. The van der Waals surface area contributed by atoms with Crippen LogP contribution in [0.3, 0.4) is 0 Å². The Balaban J connectivity index is 0.00000384. The van der Waals surface area contributed by atoms with Crippen LogP contribution < -0.4 is 14.2 Å². The van der Waals surface area contributed by atoms with Crippen molar-refractivity contribution in [1.29, 1.82) is 0 Å². The average molecular weight is 610 g/mol. The van der Waals surface area contributed by atoms with E-state index < -0.39 is 0 Å². The van der Waals surface area contributed by atoms with Crippen molar-refractivity contribution in [3.63, 3.8) is 0 Å². The van der Waals surface area contributed by atoms with Crippen LogP contribution in [-0.4, -0.2) is 57.1 Å². The third-order valence-corrected chi connectivity index (χ3v) is 7.50. The van der Waals surface area contributed by atoms with Gasteiger partial charge in [-0.25, -0.2) is 0 Å². The van der Waals surface area contributed by atoms with Crippen LogP contribution in [0.4, 0.5) is 0 Å². The van der Waals surface area contributed by atoms with Gasteiger partial charge in [-0.3, -0.25) is 0 Å². The molecule has 5 aromatic rings. The summed E-state index contributed by atoms with van der Waals surface area (Å²) in [6, 6.07) is 28.6. The molecule has 0 saturated carbocycles. The van der Waals surface area contributed by atoms with E-state index in [4.69, 9.17) is 24.2 Å². The van der Waals surface area contributed by atoms with E-state index in [0.29, 0.717) is 24.7 Å². The third kappa shape index (κ3) is 6.44. The summed E-state index contributed by atoms with van der Waals surface area (Å²) in [7, 11) is 7.35. The van der Waals surface area contributed by atoms with Gasteiger partial charge in [0.2, 0.25) is 0 Å². The highest BCUT2D eigenvalue weighted by atomic mass is 35.5. The van der Waals surface area contributed by atoms with Crippen LogP contribution in [0.25, 0.3) is 34.3 Å². The predicted octanol–water partition coefficient (Wildman–Crippen LogP) is 7.67. The number of fused-ring (bicyclic) bond motifs is 5. The summed E-state index contributed by atoms with van der Waals surface area (Å²) in [5, 5.41) is 5.72. The predicted molar refractivity (Wildman–Crippen MR) is 180 cm³/mol. The highest BCUT2D eigenvalue weighted by Gasteiger charge is 2.32. The second-order valence-corrected chi connectivity index (χ2v) is 10.7. The van der Waals surface area contributed by atoms with Crippen LogP contribution in [0.2, 0.25) is 0 Å². The smallest absolute Gasteiger partial charge is 0.161 e. The van der Waals surface area contributed by atoms with Crippen LogP contribution in [0, 0.1) is 0 Å². The lowest BCUT2D eigenvalue weighted by Crippen LogP contribution is -2.19. The molecule has 0 fully saturated rings. The van der Waals surface area contributed by atoms with Gasteiger partial charge in [0, 0.05) is 34.1 Å². The number of hydrogen-bond acceptors (Lipinski definition) is 6. The minimum Gasteiger partial charge on any atom is -0.493 e. The van der Waals surface area contributed by atoms with Crippen molar-refractivity contribution in [2.75, 3.05) is 41.5 Å². The van der Waals surface area contributed by atoms with Gasteiger partial charge in [0.05, 0.1) is 19.9 Å². The van der Waals surface area contributed by atoms with Crippen LogP contribution in [0.15, 0.2) is 90.1 Å². The van der Waals surface area contributed by atoms with Gasteiger partial charge in [-0.15, -0.1) is 12.4 Å². The standard InChI is InChI=1S/C36H35N3O4.ClH/c1-39(2)18-19-42-27-16-17-31-30(20-27)34-35(37-31)28-21-32(40-3)33(41-4)22-29(28)36(34)38-43-23-26-14-12-25(13-15-26)11-10-24-8-6-5-7-9-24;/h5-17,20-22,37H,18-19,23H2,1-4H3;1H/b11-10+,38-36-;. The molecule has 0 radical (unpaired) electrons. The fraction of sp³-hybridized carbons (Fsp3) is 0.194. The lowest BCUT2D eigenvalue weighted by atomic mass is 10.1. The van der Waals surface area contributed by atoms with Gasteiger partial charge in [0.15, 0.2) is 11.5 Å². The molecule has 1 aromatic heterocycles. The SMILES string of the molecule is COc1cc2c(cc1OC)-c1[nH]c3ccc(OCCN(C)C)cc3c1/C2=N\OCc1ccc(/C=C/c2ccccc2)cc1.Cl. The largest absolute Gasteiger partial charge is 0.493 e. The number of oxime groups is 1. The summed E-state index contributed by atoms with van der Waals surface area (Å²) in [5.41, 5.74) is 8.90. The molecule has 0 bridgehead atoms. The fourth-order valence-corrected chi connectivity index (χ4v) is 5.22. The number of nitrogens with one attached hydrogen (secondary N) is 1. The Hall–Kier alpha value is -4.72. The molecule has 1 aliphatic rings. The Bertz CT molecular complexity index is 1790. The van der Waals surface area contributed by atoms with Crippen LogP contribution in [-0.2, 0) is 11.4 Å². The van der Waals surface area contributed by atoms with Crippen molar-refractivity contribution < 1.29 is 19.0 Å². The molecule has 0 saturated heterocycles. The number of methoxy groups -OCH3 is 2. The molecule has 4 aromatic carbocycles. The van der Waals surface area contributed by atoms with Gasteiger partial charge in [-0.05, 0) is 61.1 Å². The topological polar surface area (TPSA) is 68.3 Å². The second-order valence-electron chi connectivity index (χ2n) is 10.7. The molecular weight excluding hydrogens is 574 g/mol. The summed E-state index contributed by atoms with van der Waals surface area (Å²) in [6.45, 7) is 1.77. The first kappa shape index (κ1) is 30.7. The van der Waals surface area contributed by atoms with Crippen molar-refractivity contribution >= 4 is 41.2 Å². The Morgan fingerprint density at radius 2 is 1.48 bits per heavy atom. The monoisotopic (exact) mass is 609 g/mol. The number of benzene rings is 4. The van der Waals surface area contributed by atoms with Gasteiger partial charge >= 0.3 is 0 Å². The first-order valence-electron chi connectivity index (χ1n) is 14.3. The molecule has 226 valence electrons. The molecule has 44 heavy (non-hydrogen) atoms. The van der Waals surface area contributed by atoms with Crippen LogP contribution >= 0.6 is 12.4 Å². The van der Waals surface area contributed by atoms with E-state index in [1.54, 1.807) is 14.2 Å². The fourth-order valence-electron chi connectivity index (χ4n) is 5.22. The molecule has 7 nitrogen and oxygen atoms in total. The summed E-state index contributed by atoms with van der Waals surface area (Å²) >= 11 is 0. The first-order chi connectivity index (χ1) is 21.0. The molecule has 0 unspecified atom stereocenters. The number of H-pyrrole nitrogens is 1. The number of likely N-dealkylation sites (N-methyl/N-ethyl adjacent to an activating group) is 1. The number of rotatable bonds is 11. The molecule has 8 heteroatoms. The van der Waals surface area contributed by atoms with E-state index in [-0.39, 0.29) is 12.4 Å². The lowest BCUT2D eigenvalue weighted by molar-refractivity contribution is 0.131. The lowest BCUT2D eigenvalue weighted by Gasteiger charge is -2.12. The minimum atomic E-state index is 0. The van der Waals surface area contributed by atoms with E-state index in [1.165, 1.54) is 5.56 Å². The quantitative estimate of drug-likeness (QED) is 0.121. The van der Waals surface area contributed by atoms with Gasteiger partial charge in [0.1, 0.15) is 24.7 Å². The minimum absolute atomic E-state index is 0. The van der Waals surface area contributed by atoms with Gasteiger partial charge in [0.25, 0.3) is 0 Å². The Morgan fingerprint density at radius 1 is 0.795 bits per heavy atom. The number of aromatic amines is 1. The average Bonchev–Trinajstić information content (AvgIpc) is 3.54. The maximum Gasteiger partial charge on any atom is 0.161 e. The molecule has 1 N–H and O–H groups in total. The van der Waals surface area contributed by atoms with Crippen LogP contribution in [0.1, 0.15) is 27.8 Å². The van der Waals surface area contributed by atoms with E-state index in [9.17, 15) is 0 Å². The highest BCUT2D eigenvalue weighted by molar-refractivity contribution is 6.30. The third-order valence-electron chi connectivity index (χ3n) is 7.50. The van der Waals surface area contributed by atoms with Crippen molar-refractivity contribution in [3.05, 3.63) is 113 Å². The van der Waals surface area contributed by atoms with Crippen molar-refractivity contribution in [1.82, 2.24) is 9.88 Å². The van der Waals surface area contributed by atoms with Crippen LogP contribution in [0.5, 0.6) is 17.2 Å².